The highest BCUT2D eigenvalue weighted by Gasteiger charge is 2.05. The zero-order valence-corrected chi connectivity index (χ0v) is 11.8. The molecule has 5 heteroatoms. The van der Waals surface area contributed by atoms with E-state index in [9.17, 15) is 4.79 Å². The van der Waals surface area contributed by atoms with Crippen LogP contribution in [0.15, 0.2) is 48.5 Å². The number of pyridine rings is 1. The van der Waals surface area contributed by atoms with Crippen molar-refractivity contribution in [2.75, 3.05) is 5.32 Å². The number of anilines is 1. The van der Waals surface area contributed by atoms with Gasteiger partial charge < -0.3 is 4.74 Å². The van der Waals surface area contributed by atoms with Crippen LogP contribution >= 0.6 is 15.9 Å². The smallest absolute Gasteiger partial charge is 0.413 e. The van der Waals surface area contributed by atoms with E-state index in [4.69, 9.17) is 4.74 Å². The number of rotatable bonds is 4. The van der Waals surface area contributed by atoms with Crippen LogP contribution in [-0.4, -0.2) is 11.1 Å². The molecule has 0 aliphatic carbocycles. The normalized spacial score (nSPS) is 9.95. The maximum absolute atomic E-state index is 11.6. The zero-order chi connectivity index (χ0) is 13.5. The number of hydrogen-bond donors (Lipinski definition) is 1. The summed E-state index contributed by atoms with van der Waals surface area (Å²) in [5.41, 5.74) is 1.79. The van der Waals surface area contributed by atoms with Crippen molar-refractivity contribution in [1.82, 2.24) is 4.98 Å². The Labute approximate surface area is 119 Å². The molecule has 0 unspecified atom stereocenters. The number of amides is 1. The van der Waals surface area contributed by atoms with Crippen molar-refractivity contribution in [2.24, 2.45) is 0 Å². The van der Waals surface area contributed by atoms with Gasteiger partial charge in [0.1, 0.15) is 12.4 Å². The lowest BCUT2D eigenvalue weighted by Crippen LogP contribution is -2.14. The second kappa shape index (κ2) is 6.89. The molecule has 2 rings (SSSR count). The molecule has 1 amide bonds. The van der Waals surface area contributed by atoms with Crippen molar-refractivity contribution in [1.29, 1.82) is 0 Å². The molecule has 0 atom stereocenters. The Morgan fingerprint density at radius 1 is 1.16 bits per heavy atom. The van der Waals surface area contributed by atoms with Crippen molar-refractivity contribution in [3.63, 3.8) is 0 Å². The molecule has 0 aliphatic heterocycles. The molecular formula is C14H13BrN2O2. The van der Waals surface area contributed by atoms with Crippen molar-refractivity contribution < 1.29 is 9.53 Å². The van der Waals surface area contributed by atoms with E-state index in [1.165, 1.54) is 0 Å². The molecule has 0 fully saturated rings. The Kier molecular flexibility index (Phi) is 4.92. The van der Waals surface area contributed by atoms with Crippen LogP contribution in [0, 0.1) is 0 Å². The minimum atomic E-state index is -0.511. The van der Waals surface area contributed by atoms with Crippen LogP contribution in [0.1, 0.15) is 11.3 Å². The van der Waals surface area contributed by atoms with Crippen LogP contribution in [0.4, 0.5) is 10.6 Å². The maximum atomic E-state index is 11.6. The van der Waals surface area contributed by atoms with Gasteiger partial charge >= 0.3 is 6.09 Å². The predicted octanol–water partition coefficient (Wildman–Crippen LogP) is 3.73. The summed E-state index contributed by atoms with van der Waals surface area (Å²) in [4.78, 5) is 15.8. The first-order valence-corrected chi connectivity index (χ1v) is 6.89. The molecule has 19 heavy (non-hydrogen) atoms. The highest BCUT2D eigenvalue weighted by molar-refractivity contribution is 9.08. The Hall–Kier alpha value is -1.88. The third-order valence-corrected chi connectivity index (χ3v) is 2.96. The average Bonchev–Trinajstić information content (AvgIpc) is 2.46. The Balaban J connectivity index is 1.87. The number of ether oxygens (including phenoxy) is 1. The topological polar surface area (TPSA) is 51.2 Å². The van der Waals surface area contributed by atoms with Gasteiger partial charge in [-0.25, -0.2) is 9.78 Å². The van der Waals surface area contributed by atoms with Gasteiger partial charge in [-0.15, -0.1) is 0 Å². The number of carbonyl (C=O) groups is 1. The Bertz CT molecular complexity index is 546. The summed E-state index contributed by atoms with van der Waals surface area (Å²) >= 11 is 3.31. The third-order valence-electron chi connectivity index (χ3n) is 2.39. The molecule has 1 aromatic carbocycles. The zero-order valence-electron chi connectivity index (χ0n) is 10.2. The molecule has 98 valence electrons. The van der Waals surface area contributed by atoms with E-state index in [2.05, 4.69) is 26.2 Å². The van der Waals surface area contributed by atoms with Gasteiger partial charge in [0.2, 0.25) is 0 Å². The lowest BCUT2D eigenvalue weighted by molar-refractivity contribution is 0.155. The summed E-state index contributed by atoms with van der Waals surface area (Å²) in [7, 11) is 0. The fourth-order valence-electron chi connectivity index (χ4n) is 1.49. The summed E-state index contributed by atoms with van der Waals surface area (Å²) in [5, 5.41) is 3.23. The first-order valence-electron chi connectivity index (χ1n) is 5.77. The molecule has 0 saturated heterocycles. The van der Waals surface area contributed by atoms with E-state index in [1.54, 1.807) is 6.07 Å². The highest BCUT2D eigenvalue weighted by Crippen LogP contribution is 2.08. The molecule has 4 nitrogen and oxygen atoms in total. The molecule has 0 saturated carbocycles. The van der Waals surface area contributed by atoms with Crippen LogP contribution in [0.5, 0.6) is 0 Å². The molecule has 1 heterocycles. The largest absolute Gasteiger partial charge is 0.444 e. The number of aromatic nitrogens is 1. The highest BCUT2D eigenvalue weighted by atomic mass is 79.9. The SMILES string of the molecule is O=C(Nc1cccc(CBr)n1)OCc1ccccc1. The number of nitrogens with one attached hydrogen (secondary N) is 1. The summed E-state index contributed by atoms with van der Waals surface area (Å²) in [5.74, 6) is 0.481. The van der Waals surface area contributed by atoms with Crippen molar-refractivity contribution in [2.45, 2.75) is 11.9 Å². The molecule has 1 N–H and O–H groups in total. The lowest BCUT2D eigenvalue weighted by Gasteiger charge is -2.07. The van der Waals surface area contributed by atoms with E-state index in [0.29, 0.717) is 11.1 Å². The quantitative estimate of drug-likeness (QED) is 0.873. The monoisotopic (exact) mass is 320 g/mol. The second-order valence-corrected chi connectivity index (χ2v) is 4.40. The second-order valence-electron chi connectivity index (χ2n) is 3.83. The van der Waals surface area contributed by atoms with E-state index >= 15 is 0 Å². The number of nitrogens with zero attached hydrogens (tertiary/aromatic N) is 1. The van der Waals surface area contributed by atoms with Gasteiger partial charge in [-0.1, -0.05) is 52.3 Å². The summed E-state index contributed by atoms with van der Waals surface area (Å²) in [6.07, 6.45) is -0.511. The average molecular weight is 321 g/mol. The standard InChI is InChI=1S/C14H13BrN2O2/c15-9-12-7-4-8-13(16-12)17-14(18)19-10-11-5-2-1-3-6-11/h1-8H,9-10H2,(H,16,17,18). The third kappa shape index (κ3) is 4.37. The van der Waals surface area contributed by atoms with Gasteiger partial charge in [-0.3, -0.25) is 5.32 Å². The molecule has 1 aromatic heterocycles. The summed E-state index contributed by atoms with van der Waals surface area (Å²) < 4.78 is 5.10. The molecule has 0 radical (unpaired) electrons. The maximum Gasteiger partial charge on any atom is 0.413 e. The van der Waals surface area contributed by atoms with Crippen LogP contribution in [0.3, 0.4) is 0 Å². The van der Waals surface area contributed by atoms with E-state index < -0.39 is 6.09 Å². The molecule has 0 aliphatic rings. The lowest BCUT2D eigenvalue weighted by atomic mass is 10.2. The van der Waals surface area contributed by atoms with Gasteiger partial charge in [0, 0.05) is 5.33 Å². The van der Waals surface area contributed by atoms with Gasteiger partial charge in [-0.2, -0.15) is 0 Å². The number of carbonyl (C=O) groups excluding carboxylic acids is 1. The number of benzene rings is 1. The van der Waals surface area contributed by atoms with Crippen LogP contribution in [0.2, 0.25) is 0 Å². The minimum absolute atomic E-state index is 0.241. The number of hydrogen-bond acceptors (Lipinski definition) is 3. The van der Waals surface area contributed by atoms with E-state index in [-0.39, 0.29) is 6.61 Å². The van der Waals surface area contributed by atoms with Crippen molar-refractivity contribution in [3.05, 3.63) is 59.8 Å². The first kappa shape index (κ1) is 13.5. The fourth-order valence-corrected chi connectivity index (χ4v) is 1.80. The van der Waals surface area contributed by atoms with Crippen LogP contribution < -0.4 is 5.32 Å². The summed E-state index contributed by atoms with van der Waals surface area (Å²) in [6.45, 7) is 0.241. The van der Waals surface area contributed by atoms with Gasteiger partial charge in [0.05, 0.1) is 5.69 Å². The Morgan fingerprint density at radius 3 is 2.68 bits per heavy atom. The molecule has 0 bridgehead atoms. The van der Waals surface area contributed by atoms with Crippen molar-refractivity contribution in [3.8, 4) is 0 Å². The van der Waals surface area contributed by atoms with Gasteiger partial charge in [0.15, 0.2) is 0 Å². The fraction of sp³-hybridized carbons (Fsp3) is 0.143. The van der Waals surface area contributed by atoms with Crippen LogP contribution in [0.25, 0.3) is 0 Å². The predicted molar refractivity (Wildman–Crippen MR) is 77.1 cm³/mol. The molecule has 2 aromatic rings. The van der Waals surface area contributed by atoms with E-state index in [1.807, 2.05) is 42.5 Å². The van der Waals surface area contributed by atoms with Crippen LogP contribution in [-0.2, 0) is 16.7 Å². The number of halogens is 1. The van der Waals surface area contributed by atoms with Gasteiger partial charge in [-0.05, 0) is 17.7 Å². The van der Waals surface area contributed by atoms with Gasteiger partial charge in [0.25, 0.3) is 0 Å². The number of alkyl halides is 1. The molecular weight excluding hydrogens is 308 g/mol. The minimum Gasteiger partial charge on any atom is -0.444 e. The Morgan fingerprint density at radius 2 is 1.95 bits per heavy atom. The summed E-state index contributed by atoms with van der Waals surface area (Å²) in [6, 6.07) is 14.9. The molecule has 0 spiro atoms. The van der Waals surface area contributed by atoms with E-state index in [0.717, 1.165) is 11.3 Å². The first-order chi connectivity index (χ1) is 9.28. The van der Waals surface area contributed by atoms with Crippen molar-refractivity contribution >= 4 is 27.8 Å².